The second-order valence-corrected chi connectivity index (χ2v) is 4.27. The van der Waals surface area contributed by atoms with Gasteiger partial charge in [0.1, 0.15) is 11.6 Å². The summed E-state index contributed by atoms with van der Waals surface area (Å²) in [4.78, 5) is 5.63. The Morgan fingerprint density at radius 3 is 2.50 bits per heavy atom. The van der Waals surface area contributed by atoms with Gasteiger partial charge < -0.3 is 10.6 Å². The second kappa shape index (κ2) is 5.93. The van der Waals surface area contributed by atoms with Gasteiger partial charge in [0.15, 0.2) is 0 Å². The molecule has 0 aromatic carbocycles. The Labute approximate surface area is 105 Å². The largest absolute Gasteiger partial charge is 0.416 e. The lowest BCUT2D eigenvalue weighted by molar-refractivity contribution is -0.137. The molecule has 18 heavy (non-hydrogen) atoms. The first-order valence-electron chi connectivity index (χ1n) is 5.90. The van der Waals surface area contributed by atoms with Gasteiger partial charge in [-0.1, -0.05) is 19.8 Å². The average molecular weight is 261 g/mol. The van der Waals surface area contributed by atoms with Crippen molar-refractivity contribution in [1.29, 1.82) is 0 Å². The van der Waals surface area contributed by atoms with Crippen LogP contribution in [0.2, 0.25) is 0 Å². The minimum atomic E-state index is -4.39. The second-order valence-electron chi connectivity index (χ2n) is 4.27. The Balaban J connectivity index is 2.85. The number of anilines is 2. The summed E-state index contributed by atoms with van der Waals surface area (Å²) in [5.41, 5.74) is 4.65. The third-order valence-electron chi connectivity index (χ3n) is 2.65. The first kappa shape index (κ1) is 14.6. The molecule has 1 aromatic rings. The van der Waals surface area contributed by atoms with Crippen LogP contribution in [0, 0.1) is 0 Å². The van der Waals surface area contributed by atoms with E-state index in [9.17, 15) is 13.2 Å². The Bertz CT molecular complexity index is 391. The van der Waals surface area contributed by atoms with E-state index in [1.165, 1.54) is 0 Å². The number of hydrogen-bond acceptors (Lipinski definition) is 3. The zero-order valence-corrected chi connectivity index (χ0v) is 10.6. The van der Waals surface area contributed by atoms with E-state index in [4.69, 9.17) is 5.73 Å². The number of pyridine rings is 1. The molecule has 0 atom stereocenters. The maximum absolute atomic E-state index is 12.6. The monoisotopic (exact) mass is 261 g/mol. The molecule has 0 aliphatic carbocycles. The Hall–Kier alpha value is -1.46. The molecule has 102 valence electrons. The van der Waals surface area contributed by atoms with E-state index in [-0.39, 0.29) is 11.6 Å². The van der Waals surface area contributed by atoms with Crippen LogP contribution in [0.5, 0.6) is 0 Å². The summed E-state index contributed by atoms with van der Waals surface area (Å²) in [5, 5.41) is 0. The summed E-state index contributed by atoms with van der Waals surface area (Å²) in [6, 6.07) is 1.88. The molecule has 3 nitrogen and oxygen atoms in total. The molecule has 0 spiro atoms. The van der Waals surface area contributed by atoms with Crippen molar-refractivity contribution in [1.82, 2.24) is 4.98 Å². The van der Waals surface area contributed by atoms with Crippen molar-refractivity contribution in [2.45, 2.75) is 32.4 Å². The lowest BCUT2D eigenvalue weighted by Crippen LogP contribution is -2.21. The lowest BCUT2D eigenvalue weighted by atomic mass is 10.2. The molecule has 1 heterocycles. The van der Waals surface area contributed by atoms with Gasteiger partial charge >= 0.3 is 6.18 Å². The van der Waals surface area contributed by atoms with Crippen molar-refractivity contribution in [3.63, 3.8) is 0 Å². The molecule has 0 amide bonds. The summed E-state index contributed by atoms with van der Waals surface area (Å²) in [6.07, 6.45) is -1.37. The van der Waals surface area contributed by atoms with Crippen molar-refractivity contribution in [2.75, 3.05) is 24.2 Å². The maximum atomic E-state index is 12.6. The molecule has 0 unspecified atom stereocenters. The highest BCUT2D eigenvalue weighted by atomic mass is 19.4. The number of nitrogens with zero attached hydrogens (tertiary/aromatic N) is 2. The van der Waals surface area contributed by atoms with E-state index in [0.717, 1.165) is 31.4 Å². The predicted octanol–water partition coefficient (Wildman–Crippen LogP) is 3.31. The number of aromatic nitrogens is 1. The summed E-state index contributed by atoms with van der Waals surface area (Å²) in [7, 11) is 1.72. The standard InChI is InChI=1S/C12H18F3N3/c1-3-4-5-6-18(2)11-8-9(12(13,14)15)7-10(16)17-11/h7-8H,3-6H2,1-2H3,(H2,16,17). The van der Waals surface area contributed by atoms with Gasteiger partial charge in [-0.2, -0.15) is 13.2 Å². The third kappa shape index (κ3) is 4.09. The van der Waals surface area contributed by atoms with Crippen molar-refractivity contribution in [3.05, 3.63) is 17.7 Å². The lowest BCUT2D eigenvalue weighted by Gasteiger charge is -2.19. The molecule has 0 fully saturated rings. The molecular formula is C12H18F3N3. The Kier molecular flexibility index (Phi) is 4.81. The average Bonchev–Trinajstić information content (AvgIpc) is 2.27. The molecule has 2 N–H and O–H groups in total. The molecule has 1 aromatic heterocycles. The number of rotatable bonds is 5. The molecule has 0 aliphatic rings. The van der Waals surface area contributed by atoms with Gasteiger partial charge in [0.2, 0.25) is 0 Å². The number of halogens is 3. The van der Waals surface area contributed by atoms with Gasteiger partial charge in [0.05, 0.1) is 5.56 Å². The minimum Gasteiger partial charge on any atom is -0.384 e. The summed E-state index contributed by atoms with van der Waals surface area (Å²) >= 11 is 0. The molecule has 0 saturated carbocycles. The zero-order valence-electron chi connectivity index (χ0n) is 10.6. The number of unbranched alkanes of at least 4 members (excludes halogenated alkanes) is 2. The molecular weight excluding hydrogens is 243 g/mol. The van der Waals surface area contributed by atoms with Crippen LogP contribution in [0.25, 0.3) is 0 Å². The Morgan fingerprint density at radius 2 is 1.94 bits per heavy atom. The topological polar surface area (TPSA) is 42.1 Å². The van der Waals surface area contributed by atoms with Crippen LogP contribution in [0.4, 0.5) is 24.8 Å². The van der Waals surface area contributed by atoms with E-state index >= 15 is 0 Å². The molecule has 0 bridgehead atoms. The van der Waals surface area contributed by atoms with Gasteiger partial charge in [0.25, 0.3) is 0 Å². The highest BCUT2D eigenvalue weighted by molar-refractivity contribution is 5.48. The van der Waals surface area contributed by atoms with Crippen LogP contribution in [-0.4, -0.2) is 18.6 Å². The predicted molar refractivity (Wildman–Crippen MR) is 66.4 cm³/mol. The molecule has 0 radical (unpaired) electrons. The number of nitrogens with two attached hydrogens (primary N) is 1. The van der Waals surface area contributed by atoms with Gasteiger partial charge in [-0.15, -0.1) is 0 Å². The summed E-state index contributed by atoms with van der Waals surface area (Å²) < 4.78 is 37.8. The zero-order chi connectivity index (χ0) is 13.8. The number of hydrogen-bond donors (Lipinski definition) is 1. The smallest absolute Gasteiger partial charge is 0.384 e. The SMILES string of the molecule is CCCCCN(C)c1cc(C(F)(F)F)cc(N)n1. The van der Waals surface area contributed by atoms with Crippen LogP contribution < -0.4 is 10.6 Å². The fourth-order valence-corrected chi connectivity index (χ4v) is 1.61. The van der Waals surface area contributed by atoms with E-state index in [1.54, 1.807) is 11.9 Å². The normalized spacial score (nSPS) is 11.6. The third-order valence-corrected chi connectivity index (χ3v) is 2.65. The molecule has 0 aliphatic heterocycles. The molecule has 1 rings (SSSR count). The molecule has 6 heteroatoms. The summed E-state index contributed by atoms with van der Waals surface area (Å²) in [5.74, 6) is 0.153. The fraction of sp³-hybridized carbons (Fsp3) is 0.583. The first-order valence-corrected chi connectivity index (χ1v) is 5.90. The van der Waals surface area contributed by atoms with E-state index in [2.05, 4.69) is 11.9 Å². The molecule has 0 saturated heterocycles. The van der Waals surface area contributed by atoms with Gasteiger partial charge in [0, 0.05) is 13.6 Å². The van der Waals surface area contributed by atoms with Gasteiger partial charge in [-0.05, 0) is 18.6 Å². The van der Waals surface area contributed by atoms with Crippen LogP contribution >= 0.6 is 0 Å². The fourth-order valence-electron chi connectivity index (χ4n) is 1.61. The van der Waals surface area contributed by atoms with Gasteiger partial charge in [-0.3, -0.25) is 0 Å². The summed E-state index contributed by atoms with van der Waals surface area (Å²) in [6.45, 7) is 2.74. The van der Waals surface area contributed by atoms with E-state index < -0.39 is 11.7 Å². The van der Waals surface area contributed by atoms with Gasteiger partial charge in [-0.25, -0.2) is 4.98 Å². The minimum absolute atomic E-state index is 0.109. The van der Waals surface area contributed by atoms with E-state index in [1.807, 2.05) is 0 Å². The van der Waals surface area contributed by atoms with Crippen LogP contribution in [0.1, 0.15) is 31.7 Å². The van der Waals surface area contributed by atoms with Crippen LogP contribution in [-0.2, 0) is 6.18 Å². The van der Waals surface area contributed by atoms with Crippen molar-refractivity contribution >= 4 is 11.6 Å². The van der Waals surface area contributed by atoms with E-state index in [0.29, 0.717) is 6.54 Å². The van der Waals surface area contributed by atoms with Crippen molar-refractivity contribution < 1.29 is 13.2 Å². The maximum Gasteiger partial charge on any atom is 0.416 e. The van der Waals surface area contributed by atoms with Crippen LogP contribution in [0.3, 0.4) is 0 Å². The highest BCUT2D eigenvalue weighted by Gasteiger charge is 2.31. The number of alkyl halides is 3. The number of nitrogen functional groups attached to an aromatic ring is 1. The van der Waals surface area contributed by atoms with Crippen molar-refractivity contribution in [3.8, 4) is 0 Å². The Morgan fingerprint density at radius 1 is 1.28 bits per heavy atom. The van der Waals surface area contributed by atoms with Crippen LogP contribution in [0.15, 0.2) is 12.1 Å². The quantitative estimate of drug-likeness (QED) is 0.827. The van der Waals surface area contributed by atoms with Crippen molar-refractivity contribution in [2.24, 2.45) is 0 Å². The highest BCUT2D eigenvalue weighted by Crippen LogP contribution is 2.32. The first-order chi connectivity index (χ1) is 8.34.